The molecule has 2 aromatic rings. The number of amides is 2. The first-order valence-electron chi connectivity index (χ1n) is 6.04. The van der Waals surface area contributed by atoms with E-state index >= 15 is 0 Å². The van der Waals surface area contributed by atoms with E-state index in [1.165, 1.54) is 7.11 Å². The predicted octanol–water partition coefficient (Wildman–Crippen LogP) is 3.86. The predicted molar refractivity (Wildman–Crippen MR) is 81.8 cm³/mol. The van der Waals surface area contributed by atoms with Crippen LogP contribution in [0.15, 0.2) is 42.5 Å². The molecule has 0 aliphatic heterocycles. The van der Waals surface area contributed by atoms with E-state index in [-0.39, 0.29) is 0 Å². The molecule has 0 saturated heterocycles. The second kappa shape index (κ2) is 6.64. The van der Waals surface area contributed by atoms with Gasteiger partial charge in [0, 0.05) is 16.8 Å². The molecular formula is C15H12ClN3O2. The maximum atomic E-state index is 11.9. The van der Waals surface area contributed by atoms with Crippen molar-refractivity contribution in [3.05, 3.63) is 53.1 Å². The second-order valence-electron chi connectivity index (χ2n) is 4.12. The molecule has 0 atom stereocenters. The number of benzene rings is 2. The van der Waals surface area contributed by atoms with E-state index in [1.54, 1.807) is 42.5 Å². The topological polar surface area (TPSA) is 74.1 Å². The Labute approximate surface area is 127 Å². The van der Waals surface area contributed by atoms with E-state index in [4.69, 9.17) is 21.6 Å². The van der Waals surface area contributed by atoms with E-state index in [0.29, 0.717) is 27.7 Å². The van der Waals surface area contributed by atoms with E-state index in [0.717, 1.165) is 0 Å². The largest absolute Gasteiger partial charge is 0.495 e. The van der Waals surface area contributed by atoms with Crippen molar-refractivity contribution in [2.45, 2.75) is 0 Å². The Balaban J connectivity index is 2.11. The van der Waals surface area contributed by atoms with E-state index in [2.05, 4.69) is 10.6 Å². The molecule has 0 radical (unpaired) electrons. The molecule has 2 N–H and O–H groups in total. The fourth-order valence-electron chi connectivity index (χ4n) is 1.71. The first-order valence-corrected chi connectivity index (χ1v) is 6.42. The maximum absolute atomic E-state index is 11.9. The number of nitriles is 1. The van der Waals surface area contributed by atoms with Crippen LogP contribution >= 0.6 is 11.6 Å². The Morgan fingerprint density at radius 1 is 1.24 bits per heavy atom. The molecule has 0 aliphatic carbocycles. The van der Waals surface area contributed by atoms with Crippen molar-refractivity contribution in [3.63, 3.8) is 0 Å². The number of methoxy groups -OCH3 is 1. The smallest absolute Gasteiger partial charge is 0.323 e. The van der Waals surface area contributed by atoms with Crippen molar-refractivity contribution >= 4 is 29.0 Å². The van der Waals surface area contributed by atoms with Crippen molar-refractivity contribution in [1.82, 2.24) is 0 Å². The SMILES string of the molecule is COc1cc(C#N)ccc1NC(=O)Nc1cccc(Cl)c1. The van der Waals surface area contributed by atoms with Gasteiger partial charge < -0.3 is 15.4 Å². The summed E-state index contributed by atoms with van der Waals surface area (Å²) in [6.45, 7) is 0. The lowest BCUT2D eigenvalue weighted by atomic mass is 10.2. The van der Waals surface area contributed by atoms with Crippen LogP contribution in [-0.4, -0.2) is 13.1 Å². The minimum Gasteiger partial charge on any atom is -0.495 e. The summed E-state index contributed by atoms with van der Waals surface area (Å²) in [6, 6.07) is 13.1. The summed E-state index contributed by atoms with van der Waals surface area (Å²) < 4.78 is 5.14. The average Bonchev–Trinajstić information content (AvgIpc) is 2.47. The number of ether oxygens (including phenoxy) is 1. The fraction of sp³-hybridized carbons (Fsp3) is 0.0667. The molecule has 21 heavy (non-hydrogen) atoms. The van der Waals surface area contributed by atoms with Crippen molar-refractivity contribution in [2.75, 3.05) is 17.7 Å². The first-order chi connectivity index (χ1) is 10.1. The van der Waals surface area contributed by atoms with Crippen molar-refractivity contribution < 1.29 is 9.53 Å². The van der Waals surface area contributed by atoms with Gasteiger partial charge in [0.25, 0.3) is 0 Å². The summed E-state index contributed by atoms with van der Waals surface area (Å²) in [4.78, 5) is 11.9. The molecule has 0 bridgehead atoms. The molecule has 0 aromatic heterocycles. The number of urea groups is 1. The van der Waals surface area contributed by atoms with Crippen LogP contribution < -0.4 is 15.4 Å². The van der Waals surface area contributed by atoms with Gasteiger partial charge in [0.2, 0.25) is 0 Å². The standard InChI is InChI=1S/C15H12ClN3O2/c1-21-14-7-10(9-17)5-6-13(14)19-15(20)18-12-4-2-3-11(16)8-12/h2-8H,1H3,(H2,18,19,20). The number of nitrogens with one attached hydrogen (secondary N) is 2. The summed E-state index contributed by atoms with van der Waals surface area (Å²) in [7, 11) is 1.47. The molecule has 0 aliphatic rings. The highest BCUT2D eigenvalue weighted by Gasteiger charge is 2.08. The number of halogens is 1. The molecule has 0 heterocycles. The first kappa shape index (κ1) is 14.7. The maximum Gasteiger partial charge on any atom is 0.323 e. The van der Waals surface area contributed by atoms with Gasteiger partial charge >= 0.3 is 6.03 Å². The molecule has 6 heteroatoms. The van der Waals surface area contributed by atoms with Crippen LogP contribution in [0.4, 0.5) is 16.2 Å². The molecule has 2 aromatic carbocycles. The fourth-order valence-corrected chi connectivity index (χ4v) is 1.91. The number of hydrogen-bond donors (Lipinski definition) is 2. The van der Waals surface area contributed by atoms with Crippen molar-refractivity contribution in [3.8, 4) is 11.8 Å². The van der Waals surface area contributed by atoms with Crippen LogP contribution in [0.3, 0.4) is 0 Å². The molecule has 0 spiro atoms. The second-order valence-corrected chi connectivity index (χ2v) is 4.55. The van der Waals surface area contributed by atoms with Gasteiger partial charge in [-0.1, -0.05) is 17.7 Å². The van der Waals surface area contributed by atoms with Crippen LogP contribution in [0, 0.1) is 11.3 Å². The third-order valence-corrected chi connectivity index (χ3v) is 2.90. The van der Waals surface area contributed by atoms with Gasteiger partial charge in [-0.2, -0.15) is 5.26 Å². The van der Waals surface area contributed by atoms with Gasteiger partial charge in [-0.3, -0.25) is 0 Å². The molecule has 0 fully saturated rings. The third-order valence-electron chi connectivity index (χ3n) is 2.66. The van der Waals surface area contributed by atoms with E-state index in [9.17, 15) is 4.79 Å². The third kappa shape index (κ3) is 3.88. The van der Waals surface area contributed by atoms with E-state index < -0.39 is 6.03 Å². The highest BCUT2D eigenvalue weighted by molar-refractivity contribution is 6.30. The molecule has 0 unspecified atom stereocenters. The minimum absolute atomic E-state index is 0.412. The van der Waals surface area contributed by atoms with Crippen LogP contribution in [0.2, 0.25) is 5.02 Å². The quantitative estimate of drug-likeness (QED) is 0.904. The number of rotatable bonds is 3. The van der Waals surface area contributed by atoms with Gasteiger partial charge in [0.1, 0.15) is 5.75 Å². The zero-order chi connectivity index (χ0) is 15.2. The monoisotopic (exact) mass is 301 g/mol. The molecule has 5 nitrogen and oxygen atoms in total. The molecule has 0 saturated carbocycles. The van der Waals surface area contributed by atoms with Gasteiger partial charge in [-0.05, 0) is 30.3 Å². The minimum atomic E-state index is -0.430. The van der Waals surface area contributed by atoms with Gasteiger partial charge in [-0.15, -0.1) is 0 Å². The highest BCUT2D eigenvalue weighted by Crippen LogP contribution is 2.25. The Morgan fingerprint density at radius 2 is 2.05 bits per heavy atom. The van der Waals surface area contributed by atoms with Crippen LogP contribution in [0.5, 0.6) is 5.75 Å². The lowest BCUT2D eigenvalue weighted by Gasteiger charge is -2.11. The zero-order valence-electron chi connectivity index (χ0n) is 11.2. The van der Waals surface area contributed by atoms with E-state index in [1.807, 2.05) is 6.07 Å². The Morgan fingerprint density at radius 3 is 2.71 bits per heavy atom. The summed E-state index contributed by atoms with van der Waals surface area (Å²) in [6.07, 6.45) is 0. The van der Waals surface area contributed by atoms with Crippen molar-refractivity contribution in [2.24, 2.45) is 0 Å². The molecular weight excluding hydrogens is 290 g/mol. The Hall–Kier alpha value is -2.71. The van der Waals surface area contributed by atoms with Gasteiger partial charge in [0.15, 0.2) is 0 Å². The highest BCUT2D eigenvalue weighted by atomic mass is 35.5. The van der Waals surface area contributed by atoms with Gasteiger partial charge in [0.05, 0.1) is 24.4 Å². The number of hydrogen-bond acceptors (Lipinski definition) is 3. The Bertz CT molecular complexity index is 710. The number of carbonyl (C=O) groups is 1. The number of carbonyl (C=O) groups excluding carboxylic acids is 1. The molecule has 2 rings (SSSR count). The lowest BCUT2D eigenvalue weighted by Crippen LogP contribution is -2.19. The molecule has 2 amide bonds. The number of anilines is 2. The normalized spacial score (nSPS) is 9.57. The van der Waals surface area contributed by atoms with Crippen LogP contribution in [0.1, 0.15) is 5.56 Å². The summed E-state index contributed by atoms with van der Waals surface area (Å²) >= 11 is 5.85. The van der Waals surface area contributed by atoms with Crippen LogP contribution in [-0.2, 0) is 0 Å². The molecule has 106 valence electrons. The summed E-state index contributed by atoms with van der Waals surface area (Å²) in [5.41, 5.74) is 1.50. The summed E-state index contributed by atoms with van der Waals surface area (Å²) in [5.74, 6) is 0.412. The van der Waals surface area contributed by atoms with Gasteiger partial charge in [-0.25, -0.2) is 4.79 Å². The average molecular weight is 302 g/mol. The lowest BCUT2D eigenvalue weighted by molar-refractivity contribution is 0.262. The summed E-state index contributed by atoms with van der Waals surface area (Å²) in [5, 5.41) is 14.7. The van der Waals surface area contributed by atoms with Crippen LogP contribution in [0.25, 0.3) is 0 Å². The Kier molecular flexibility index (Phi) is 4.64. The van der Waals surface area contributed by atoms with Crippen molar-refractivity contribution in [1.29, 1.82) is 5.26 Å². The number of nitrogens with zero attached hydrogens (tertiary/aromatic N) is 1. The zero-order valence-corrected chi connectivity index (χ0v) is 11.9.